The van der Waals surface area contributed by atoms with Gasteiger partial charge in [0.05, 0.1) is 11.4 Å². The largest absolute Gasteiger partial charge is 0.362 e. The SMILES string of the molecule is O=C1Nc2ccc(Cl)cc2C(c2ccccc2)=N/C1=C\c1ccc[nH]1. The maximum absolute atomic E-state index is 12.6. The van der Waals surface area contributed by atoms with Crippen molar-refractivity contribution in [2.45, 2.75) is 0 Å². The number of carbonyl (C=O) groups excluding carboxylic acids is 1. The quantitative estimate of drug-likeness (QED) is 0.659. The molecule has 0 unspecified atom stereocenters. The van der Waals surface area contributed by atoms with Gasteiger partial charge in [-0.25, -0.2) is 4.99 Å². The van der Waals surface area contributed by atoms with Crippen LogP contribution in [0, 0.1) is 0 Å². The number of rotatable bonds is 2. The molecule has 0 fully saturated rings. The Kier molecular flexibility index (Phi) is 3.96. The summed E-state index contributed by atoms with van der Waals surface area (Å²) in [6.07, 6.45) is 3.53. The van der Waals surface area contributed by atoms with E-state index in [1.165, 1.54) is 0 Å². The van der Waals surface area contributed by atoms with Gasteiger partial charge in [-0.1, -0.05) is 41.9 Å². The summed E-state index contributed by atoms with van der Waals surface area (Å²) >= 11 is 6.18. The van der Waals surface area contributed by atoms with Crippen molar-refractivity contribution >= 4 is 35.0 Å². The van der Waals surface area contributed by atoms with Crippen LogP contribution in [0.25, 0.3) is 6.08 Å². The van der Waals surface area contributed by atoms with Crippen LogP contribution in [0.4, 0.5) is 5.69 Å². The highest BCUT2D eigenvalue weighted by molar-refractivity contribution is 6.32. The number of anilines is 1. The Labute approximate surface area is 149 Å². The van der Waals surface area contributed by atoms with Gasteiger partial charge in [0, 0.05) is 28.0 Å². The second-order valence-corrected chi connectivity index (χ2v) is 6.06. The minimum absolute atomic E-state index is 0.260. The topological polar surface area (TPSA) is 57.2 Å². The Morgan fingerprint density at radius 2 is 1.84 bits per heavy atom. The van der Waals surface area contributed by atoms with Crippen LogP contribution in [0.2, 0.25) is 5.02 Å². The van der Waals surface area contributed by atoms with Gasteiger partial charge >= 0.3 is 0 Å². The highest BCUT2D eigenvalue weighted by Crippen LogP contribution is 2.28. The average molecular weight is 348 g/mol. The van der Waals surface area contributed by atoms with Crippen molar-refractivity contribution in [1.29, 1.82) is 0 Å². The van der Waals surface area contributed by atoms with Crippen molar-refractivity contribution in [3.8, 4) is 0 Å². The number of nitrogens with one attached hydrogen (secondary N) is 2. The number of carbonyl (C=O) groups is 1. The number of fused-ring (bicyclic) bond motifs is 1. The summed E-state index contributed by atoms with van der Waals surface area (Å²) in [5.41, 5.74) is 4.24. The molecule has 5 heteroatoms. The monoisotopic (exact) mass is 347 g/mol. The number of amides is 1. The van der Waals surface area contributed by atoms with Crippen LogP contribution in [0.3, 0.4) is 0 Å². The number of benzene rings is 2. The van der Waals surface area contributed by atoms with E-state index in [9.17, 15) is 4.79 Å². The fourth-order valence-electron chi connectivity index (χ4n) is 2.73. The molecule has 0 atom stereocenters. The molecule has 2 N–H and O–H groups in total. The van der Waals surface area contributed by atoms with Crippen LogP contribution in [0.1, 0.15) is 16.8 Å². The molecule has 0 radical (unpaired) electrons. The van der Waals surface area contributed by atoms with E-state index in [1.54, 1.807) is 24.4 Å². The number of hydrogen-bond acceptors (Lipinski definition) is 2. The molecular formula is C20H14ClN3O. The van der Waals surface area contributed by atoms with E-state index in [0.717, 1.165) is 16.8 Å². The first-order valence-corrected chi connectivity index (χ1v) is 8.19. The van der Waals surface area contributed by atoms with E-state index in [-0.39, 0.29) is 5.91 Å². The highest BCUT2D eigenvalue weighted by Gasteiger charge is 2.21. The molecule has 0 saturated heterocycles. The molecule has 4 rings (SSSR count). The third-order valence-corrected chi connectivity index (χ3v) is 4.15. The molecular weight excluding hydrogens is 334 g/mol. The predicted molar refractivity (Wildman–Crippen MR) is 101 cm³/mol. The molecule has 3 aromatic rings. The number of halogens is 1. The zero-order valence-electron chi connectivity index (χ0n) is 13.2. The van der Waals surface area contributed by atoms with Crippen molar-refractivity contribution < 1.29 is 4.79 Å². The van der Waals surface area contributed by atoms with Gasteiger partial charge in [-0.15, -0.1) is 0 Å². The number of benzodiazepines with no additional fused rings is 1. The van der Waals surface area contributed by atoms with Crippen LogP contribution in [-0.4, -0.2) is 16.6 Å². The standard InChI is InChI=1S/C20H14ClN3O/c21-14-8-9-17-16(11-14)19(13-5-2-1-3-6-13)23-18(20(25)24-17)12-15-7-4-10-22-15/h1-12,22H,(H,24,25)/b18-12-. The predicted octanol–water partition coefficient (Wildman–Crippen LogP) is 4.50. The summed E-state index contributed by atoms with van der Waals surface area (Å²) in [6, 6.07) is 18.9. The molecule has 0 bridgehead atoms. The second-order valence-electron chi connectivity index (χ2n) is 5.63. The normalized spacial score (nSPS) is 15.3. The van der Waals surface area contributed by atoms with Gasteiger partial charge in [0.25, 0.3) is 5.91 Å². The molecule has 1 aliphatic rings. The summed E-state index contributed by atoms with van der Waals surface area (Å²) in [7, 11) is 0. The summed E-state index contributed by atoms with van der Waals surface area (Å²) in [4.78, 5) is 20.4. The van der Waals surface area contributed by atoms with Crippen LogP contribution in [0.15, 0.2) is 77.5 Å². The zero-order valence-corrected chi connectivity index (χ0v) is 13.9. The Balaban J connectivity index is 1.94. The number of hydrogen-bond donors (Lipinski definition) is 2. The minimum atomic E-state index is -0.260. The lowest BCUT2D eigenvalue weighted by atomic mass is 10.0. The maximum Gasteiger partial charge on any atom is 0.274 e. The first-order chi connectivity index (χ1) is 12.2. The lowest BCUT2D eigenvalue weighted by molar-refractivity contribution is -0.112. The highest BCUT2D eigenvalue weighted by atomic mass is 35.5. The Morgan fingerprint density at radius 1 is 1.00 bits per heavy atom. The van der Waals surface area contributed by atoms with E-state index in [0.29, 0.717) is 22.1 Å². The summed E-state index contributed by atoms with van der Waals surface area (Å²) < 4.78 is 0. The molecule has 0 aliphatic carbocycles. The van der Waals surface area contributed by atoms with Crippen molar-refractivity contribution in [1.82, 2.24) is 4.98 Å². The fourth-order valence-corrected chi connectivity index (χ4v) is 2.91. The molecule has 122 valence electrons. The molecule has 2 heterocycles. The Morgan fingerprint density at radius 3 is 2.60 bits per heavy atom. The first kappa shape index (κ1) is 15.4. The van der Waals surface area contributed by atoms with Gasteiger partial charge < -0.3 is 10.3 Å². The molecule has 4 nitrogen and oxygen atoms in total. The average Bonchev–Trinajstić information content (AvgIpc) is 3.09. The molecule has 1 amide bonds. The number of aliphatic imine (C=N–C) groups is 1. The molecule has 1 aromatic heterocycles. The molecule has 0 saturated carbocycles. The van der Waals surface area contributed by atoms with Crippen molar-refractivity contribution in [3.05, 3.63) is 94.4 Å². The van der Waals surface area contributed by atoms with Crippen LogP contribution in [0.5, 0.6) is 0 Å². The van der Waals surface area contributed by atoms with Gasteiger partial charge in [-0.2, -0.15) is 0 Å². The van der Waals surface area contributed by atoms with Crippen molar-refractivity contribution in [2.24, 2.45) is 4.99 Å². The molecule has 0 spiro atoms. The van der Waals surface area contributed by atoms with Gasteiger partial charge in [-0.05, 0) is 36.4 Å². The van der Waals surface area contributed by atoms with Crippen LogP contribution in [-0.2, 0) is 4.79 Å². The zero-order chi connectivity index (χ0) is 17.2. The summed E-state index contributed by atoms with van der Waals surface area (Å²) in [5.74, 6) is -0.260. The number of aromatic nitrogens is 1. The van der Waals surface area contributed by atoms with E-state index in [4.69, 9.17) is 11.6 Å². The maximum atomic E-state index is 12.6. The number of H-pyrrole nitrogens is 1. The van der Waals surface area contributed by atoms with E-state index in [2.05, 4.69) is 15.3 Å². The third-order valence-electron chi connectivity index (χ3n) is 3.91. The fraction of sp³-hybridized carbons (Fsp3) is 0. The van der Waals surface area contributed by atoms with E-state index in [1.807, 2.05) is 48.5 Å². The van der Waals surface area contributed by atoms with Gasteiger partial charge in [0.1, 0.15) is 5.70 Å². The molecule has 2 aromatic carbocycles. The summed E-state index contributed by atoms with van der Waals surface area (Å²) in [5, 5.41) is 3.51. The van der Waals surface area contributed by atoms with Crippen molar-refractivity contribution in [2.75, 3.05) is 5.32 Å². The lowest BCUT2D eigenvalue weighted by Gasteiger charge is -2.10. The van der Waals surface area contributed by atoms with Gasteiger partial charge in [0.2, 0.25) is 0 Å². The second kappa shape index (κ2) is 6.42. The van der Waals surface area contributed by atoms with Crippen LogP contribution >= 0.6 is 11.6 Å². The Bertz CT molecular complexity index is 989. The summed E-state index contributed by atoms with van der Waals surface area (Å²) in [6.45, 7) is 0. The number of nitrogens with zero attached hydrogens (tertiary/aromatic N) is 1. The first-order valence-electron chi connectivity index (χ1n) is 7.81. The van der Waals surface area contributed by atoms with E-state index < -0.39 is 0 Å². The smallest absolute Gasteiger partial charge is 0.274 e. The molecule has 25 heavy (non-hydrogen) atoms. The molecule has 1 aliphatic heterocycles. The number of aromatic amines is 1. The lowest BCUT2D eigenvalue weighted by Crippen LogP contribution is -2.12. The third kappa shape index (κ3) is 3.12. The van der Waals surface area contributed by atoms with Crippen LogP contribution < -0.4 is 5.32 Å². The minimum Gasteiger partial charge on any atom is -0.362 e. The van der Waals surface area contributed by atoms with Gasteiger partial charge in [-0.3, -0.25) is 4.79 Å². The Hall–Kier alpha value is -3.11. The van der Waals surface area contributed by atoms with Gasteiger partial charge in [0.15, 0.2) is 0 Å². The van der Waals surface area contributed by atoms with Crippen molar-refractivity contribution in [3.63, 3.8) is 0 Å². The van der Waals surface area contributed by atoms with E-state index >= 15 is 0 Å².